The summed E-state index contributed by atoms with van der Waals surface area (Å²) in [5, 5.41) is 3.38. The van der Waals surface area contributed by atoms with E-state index in [2.05, 4.69) is 27.0 Å². The third kappa shape index (κ3) is 1.46. The molecule has 0 aromatic carbocycles. The lowest BCUT2D eigenvalue weighted by molar-refractivity contribution is -0.00136. The summed E-state index contributed by atoms with van der Waals surface area (Å²) in [4.78, 5) is 0. The Bertz CT molecular complexity index is 105. The number of hydrogen-bond donors (Lipinski definition) is 1. The monoisotopic (exact) mass is 127 g/mol. The second-order valence-corrected chi connectivity index (χ2v) is 3.16. The summed E-state index contributed by atoms with van der Waals surface area (Å²) >= 11 is 0. The fourth-order valence-corrected chi connectivity index (χ4v) is 0.961. The van der Waals surface area contributed by atoms with Crippen LogP contribution in [0.4, 0.5) is 0 Å². The van der Waals surface area contributed by atoms with Gasteiger partial charge in [-0.1, -0.05) is 6.92 Å². The molecular weight excluding hydrogens is 113 g/mol. The Hall–Kier alpha value is -0.0151. The first-order chi connectivity index (χ1) is 4.13. The van der Waals surface area contributed by atoms with Gasteiger partial charge in [0.25, 0.3) is 0 Å². The van der Waals surface area contributed by atoms with E-state index in [0.717, 1.165) is 13.2 Å². The fraction of sp³-hybridized carbons (Fsp3) is 1.00. The Balaban J connectivity index is 2.49. The smallest absolute Gasteiger partial charge is 0.130 e. The molecule has 2 unspecified atom stereocenters. The highest BCUT2D eigenvalue weighted by molar-refractivity contribution is 6.15. The zero-order chi connectivity index (χ0) is 6.91. The van der Waals surface area contributed by atoms with E-state index in [9.17, 15) is 0 Å². The summed E-state index contributed by atoms with van der Waals surface area (Å²) in [7, 11) is 2.16. The lowest BCUT2D eigenvalue weighted by Gasteiger charge is -2.37. The SMILES string of the molecule is BC1(C)NCCOC1C. The molecule has 9 heavy (non-hydrogen) atoms. The van der Waals surface area contributed by atoms with Gasteiger partial charge in [-0.05, 0) is 6.92 Å². The molecule has 0 aromatic rings. The lowest BCUT2D eigenvalue weighted by Crippen LogP contribution is -2.57. The van der Waals surface area contributed by atoms with E-state index in [1.54, 1.807) is 0 Å². The van der Waals surface area contributed by atoms with Crippen LogP contribution in [0.3, 0.4) is 0 Å². The molecule has 0 aliphatic carbocycles. The van der Waals surface area contributed by atoms with Gasteiger partial charge in [0, 0.05) is 12.0 Å². The van der Waals surface area contributed by atoms with Crippen LogP contribution >= 0.6 is 0 Å². The first-order valence-electron chi connectivity index (χ1n) is 3.49. The minimum Gasteiger partial charge on any atom is -0.376 e. The molecule has 0 amide bonds. The molecule has 1 aliphatic rings. The van der Waals surface area contributed by atoms with Crippen LogP contribution in [0, 0.1) is 0 Å². The van der Waals surface area contributed by atoms with Crippen LogP contribution in [0.2, 0.25) is 0 Å². The van der Waals surface area contributed by atoms with Crippen LogP contribution in [-0.2, 0) is 4.74 Å². The number of nitrogens with one attached hydrogen (secondary N) is 1. The topological polar surface area (TPSA) is 21.3 Å². The molecule has 0 radical (unpaired) electrons. The van der Waals surface area contributed by atoms with E-state index in [-0.39, 0.29) is 5.44 Å². The third-order valence-corrected chi connectivity index (χ3v) is 2.07. The van der Waals surface area contributed by atoms with Crippen LogP contribution in [0.15, 0.2) is 0 Å². The Morgan fingerprint density at radius 1 is 1.78 bits per heavy atom. The molecule has 0 bridgehead atoms. The Labute approximate surface area is 57.4 Å². The lowest BCUT2D eigenvalue weighted by atomic mass is 9.75. The summed E-state index contributed by atoms with van der Waals surface area (Å²) in [6.07, 6.45) is 0.339. The first-order valence-corrected chi connectivity index (χ1v) is 3.49. The average Bonchev–Trinajstić information content (AvgIpc) is 1.77. The highest BCUT2D eigenvalue weighted by atomic mass is 16.5. The van der Waals surface area contributed by atoms with Crippen molar-refractivity contribution in [2.24, 2.45) is 0 Å². The zero-order valence-electron chi connectivity index (χ0n) is 6.40. The molecule has 3 heteroatoms. The molecular formula is C6H14BNO. The van der Waals surface area contributed by atoms with E-state index in [0.29, 0.717) is 6.10 Å². The maximum Gasteiger partial charge on any atom is 0.130 e. The summed E-state index contributed by atoms with van der Waals surface area (Å²) in [5.41, 5.74) is 0.165. The Kier molecular flexibility index (Phi) is 1.82. The van der Waals surface area contributed by atoms with Gasteiger partial charge < -0.3 is 10.1 Å². The van der Waals surface area contributed by atoms with Gasteiger partial charge in [-0.15, -0.1) is 0 Å². The van der Waals surface area contributed by atoms with Crippen molar-refractivity contribution in [3.63, 3.8) is 0 Å². The molecule has 1 aliphatic heterocycles. The van der Waals surface area contributed by atoms with E-state index >= 15 is 0 Å². The van der Waals surface area contributed by atoms with Gasteiger partial charge in [-0.25, -0.2) is 0 Å². The molecule has 0 saturated carbocycles. The molecule has 1 N–H and O–H groups in total. The van der Waals surface area contributed by atoms with Crippen LogP contribution in [0.1, 0.15) is 13.8 Å². The van der Waals surface area contributed by atoms with Crippen LogP contribution in [0.25, 0.3) is 0 Å². The van der Waals surface area contributed by atoms with Crippen molar-refractivity contribution < 1.29 is 4.74 Å². The molecule has 52 valence electrons. The quantitative estimate of drug-likeness (QED) is 0.436. The summed E-state index contributed by atoms with van der Waals surface area (Å²) in [5.74, 6) is 0. The molecule has 1 rings (SSSR count). The minimum atomic E-state index is 0.165. The second-order valence-electron chi connectivity index (χ2n) is 3.16. The van der Waals surface area contributed by atoms with Gasteiger partial charge in [-0.3, -0.25) is 0 Å². The second kappa shape index (κ2) is 2.31. The first kappa shape index (κ1) is 7.10. The largest absolute Gasteiger partial charge is 0.376 e. The highest BCUT2D eigenvalue weighted by Crippen LogP contribution is 2.11. The molecule has 1 heterocycles. The molecule has 2 atom stereocenters. The Morgan fingerprint density at radius 3 is 2.78 bits per heavy atom. The van der Waals surface area contributed by atoms with Gasteiger partial charge >= 0.3 is 0 Å². The Morgan fingerprint density at radius 2 is 2.44 bits per heavy atom. The van der Waals surface area contributed by atoms with Crippen molar-refractivity contribution in [2.45, 2.75) is 25.4 Å². The van der Waals surface area contributed by atoms with E-state index in [1.807, 2.05) is 0 Å². The average molecular weight is 127 g/mol. The minimum absolute atomic E-state index is 0.165. The number of ether oxygens (including phenoxy) is 1. The zero-order valence-corrected chi connectivity index (χ0v) is 6.40. The van der Waals surface area contributed by atoms with Crippen molar-refractivity contribution in [1.82, 2.24) is 5.32 Å². The molecule has 1 fully saturated rings. The number of rotatable bonds is 0. The maximum atomic E-state index is 5.43. The third-order valence-electron chi connectivity index (χ3n) is 2.07. The van der Waals surface area contributed by atoms with Gasteiger partial charge in [0.2, 0.25) is 0 Å². The van der Waals surface area contributed by atoms with Crippen LogP contribution in [-0.4, -0.2) is 32.5 Å². The normalized spacial score (nSPS) is 44.9. The summed E-state index contributed by atoms with van der Waals surface area (Å²) in [6, 6.07) is 0. The van der Waals surface area contributed by atoms with E-state index in [1.165, 1.54) is 0 Å². The van der Waals surface area contributed by atoms with Crippen molar-refractivity contribution >= 4 is 7.85 Å². The summed E-state index contributed by atoms with van der Waals surface area (Å²) in [6.45, 7) is 6.10. The predicted molar refractivity (Wildman–Crippen MR) is 40.4 cm³/mol. The van der Waals surface area contributed by atoms with Crippen molar-refractivity contribution in [3.05, 3.63) is 0 Å². The van der Waals surface area contributed by atoms with E-state index < -0.39 is 0 Å². The van der Waals surface area contributed by atoms with Gasteiger partial charge in [-0.2, -0.15) is 0 Å². The predicted octanol–water partition coefficient (Wildman–Crippen LogP) is -0.656. The van der Waals surface area contributed by atoms with Gasteiger partial charge in [0.05, 0.1) is 12.7 Å². The van der Waals surface area contributed by atoms with Crippen molar-refractivity contribution in [2.75, 3.05) is 13.2 Å². The maximum absolute atomic E-state index is 5.43. The van der Waals surface area contributed by atoms with Crippen molar-refractivity contribution in [3.8, 4) is 0 Å². The highest BCUT2D eigenvalue weighted by Gasteiger charge is 2.28. The number of morpholine rings is 1. The van der Waals surface area contributed by atoms with Crippen LogP contribution in [0.5, 0.6) is 0 Å². The fourth-order valence-electron chi connectivity index (χ4n) is 0.961. The molecule has 1 saturated heterocycles. The molecule has 0 spiro atoms. The van der Waals surface area contributed by atoms with Crippen LogP contribution < -0.4 is 5.32 Å². The van der Waals surface area contributed by atoms with Gasteiger partial charge in [0.1, 0.15) is 7.85 Å². The number of hydrogen-bond acceptors (Lipinski definition) is 2. The molecule has 2 nitrogen and oxygen atoms in total. The van der Waals surface area contributed by atoms with Gasteiger partial charge in [0.15, 0.2) is 0 Å². The van der Waals surface area contributed by atoms with Crippen molar-refractivity contribution in [1.29, 1.82) is 0 Å². The van der Waals surface area contributed by atoms with E-state index in [4.69, 9.17) is 4.74 Å². The standard InChI is InChI=1S/C6H14BNO/c1-5-6(2,7)8-3-4-9-5/h5,8H,3-4,7H2,1-2H3. The summed E-state index contributed by atoms with van der Waals surface area (Å²) < 4.78 is 5.43. The molecule has 0 aromatic heterocycles.